The summed E-state index contributed by atoms with van der Waals surface area (Å²) in [6.07, 6.45) is 6.66. The third-order valence-electron chi connectivity index (χ3n) is 3.63. The normalized spacial score (nSPS) is 15.3. The molecular weight excluding hydrogens is 268 g/mol. The molecule has 2 rings (SSSR count). The molecule has 1 aliphatic rings. The standard InChI is InChI=1S/C16H18N2O3/c1-2-5-14(15(19)20)17-16(21)18-10-8-12-6-3-4-7-13(12)9-11-18/h1,3-4,6-7,14H,5,8-11H2,(H,17,21)(H,19,20). The van der Waals surface area contributed by atoms with Gasteiger partial charge in [-0.25, -0.2) is 9.59 Å². The van der Waals surface area contributed by atoms with Gasteiger partial charge < -0.3 is 15.3 Å². The number of hydrogen-bond acceptors (Lipinski definition) is 2. The summed E-state index contributed by atoms with van der Waals surface area (Å²) in [5.74, 6) is 1.16. The third-order valence-corrected chi connectivity index (χ3v) is 3.63. The summed E-state index contributed by atoms with van der Waals surface area (Å²) in [5, 5.41) is 11.5. The summed E-state index contributed by atoms with van der Waals surface area (Å²) >= 11 is 0. The predicted molar refractivity (Wildman–Crippen MR) is 78.8 cm³/mol. The summed E-state index contributed by atoms with van der Waals surface area (Å²) < 4.78 is 0. The van der Waals surface area contributed by atoms with Crippen LogP contribution >= 0.6 is 0 Å². The van der Waals surface area contributed by atoms with Gasteiger partial charge in [0.05, 0.1) is 0 Å². The molecule has 0 fully saturated rings. The van der Waals surface area contributed by atoms with Crippen LogP contribution in [0.5, 0.6) is 0 Å². The average molecular weight is 286 g/mol. The minimum atomic E-state index is -1.11. The second-order valence-corrected chi connectivity index (χ2v) is 5.00. The van der Waals surface area contributed by atoms with Gasteiger partial charge in [-0.15, -0.1) is 12.3 Å². The van der Waals surface area contributed by atoms with Crippen molar-refractivity contribution in [2.24, 2.45) is 0 Å². The quantitative estimate of drug-likeness (QED) is 0.822. The first-order chi connectivity index (χ1) is 10.1. The smallest absolute Gasteiger partial charge is 0.327 e. The maximum Gasteiger partial charge on any atom is 0.327 e. The van der Waals surface area contributed by atoms with Crippen molar-refractivity contribution >= 4 is 12.0 Å². The molecule has 1 heterocycles. The molecular formula is C16H18N2O3. The summed E-state index contributed by atoms with van der Waals surface area (Å²) in [5.41, 5.74) is 2.48. The van der Waals surface area contributed by atoms with Crippen LogP contribution in [0.3, 0.4) is 0 Å². The number of nitrogens with zero attached hydrogens (tertiary/aromatic N) is 1. The van der Waals surface area contributed by atoms with E-state index in [0.29, 0.717) is 13.1 Å². The van der Waals surface area contributed by atoms with Gasteiger partial charge in [0, 0.05) is 19.5 Å². The minimum Gasteiger partial charge on any atom is -0.480 e. The molecule has 2 amide bonds. The molecule has 5 nitrogen and oxygen atoms in total. The number of hydrogen-bond donors (Lipinski definition) is 2. The molecule has 110 valence electrons. The fourth-order valence-electron chi connectivity index (χ4n) is 2.43. The first-order valence-electron chi connectivity index (χ1n) is 6.90. The van der Waals surface area contributed by atoms with Crippen LogP contribution in [0.15, 0.2) is 24.3 Å². The zero-order chi connectivity index (χ0) is 15.2. The fourth-order valence-corrected chi connectivity index (χ4v) is 2.43. The van der Waals surface area contributed by atoms with E-state index in [0.717, 1.165) is 12.8 Å². The number of amides is 2. The minimum absolute atomic E-state index is 0.0187. The molecule has 0 aromatic heterocycles. The molecule has 0 saturated heterocycles. The number of carbonyl (C=O) groups excluding carboxylic acids is 1. The maximum atomic E-state index is 12.2. The highest BCUT2D eigenvalue weighted by atomic mass is 16.4. The van der Waals surface area contributed by atoms with E-state index < -0.39 is 12.0 Å². The number of aliphatic carboxylic acids is 1. The molecule has 0 bridgehead atoms. The average Bonchev–Trinajstić information content (AvgIpc) is 2.69. The Morgan fingerprint density at radius 1 is 1.29 bits per heavy atom. The van der Waals surface area contributed by atoms with Crippen LogP contribution in [0.1, 0.15) is 17.5 Å². The number of nitrogens with one attached hydrogen (secondary N) is 1. The van der Waals surface area contributed by atoms with E-state index in [-0.39, 0.29) is 12.5 Å². The Bertz CT molecular complexity index is 550. The summed E-state index contributed by atoms with van der Waals surface area (Å²) in [6.45, 7) is 1.15. The molecule has 1 unspecified atom stereocenters. The van der Waals surface area contributed by atoms with E-state index in [2.05, 4.69) is 23.4 Å². The molecule has 1 aromatic carbocycles. The number of rotatable bonds is 3. The van der Waals surface area contributed by atoms with Crippen molar-refractivity contribution in [2.75, 3.05) is 13.1 Å². The second-order valence-electron chi connectivity index (χ2n) is 5.00. The van der Waals surface area contributed by atoms with Gasteiger partial charge in [0.1, 0.15) is 6.04 Å². The Balaban J connectivity index is 1.99. The Morgan fingerprint density at radius 3 is 2.33 bits per heavy atom. The van der Waals surface area contributed by atoms with E-state index in [9.17, 15) is 9.59 Å². The lowest BCUT2D eigenvalue weighted by Gasteiger charge is -2.23. The lowest BCUT2D eigenvalue weighted by molar-refractivity contribution is -0.139. The van der Waals surface area contributed by atoms with E-state index in [1.807, 2.05) is 12.1 Å². The van der Waals surface area contributed by atoms with Gasteiger partial charge in [-0.05, 0) is 24.0 Å². The Morgan fingerprint density at radius 2 is 1.86 bits per heavy atom. The Labute approximate surface area is 124 Å². The molecule has 0 aliphatic carbocycles. The van der Waals surface area contributed by atoms with E-state index in [4.69, 9.17) is 11.5 Å². The molecule has 0 radical (unpaired) electrons. The highest BCUT2D eigenvalue weighted by Crippen LogP contribution is 2.15. The van der Waals surface area contributed by atoms with Gasteiger partial charge in [-0.2, -0.15) is 0 Å². The van der Waals surface area contributed by atoms with Crippen molar-refractivity contribution in [2.45, 2.75) is 25.3 Å². The monoisotopic (exact) mass is 286 g/mol. The number of carboxylic acids is 1. The number of urea groups is 1. The topological polar surface area (TPSA) is 69.6 Å². The van der Waals surface area contributed by atoms with E-state index >= 15 is 0 Å². The van der Waals surface area contributed by atoms with Crippen LogP contribution in [0.4, 0.5) is 4.79 Å². The molecule has 2 N–H and O–H groups in total. The lowest BCUT2D eigenvalue weighted by Crippen LogP contribution is -2.48. The van der Waals surface area contributed by atoms with Gasteiger partial charge in [0.25, 0.3) is 0 Å². The van der Waals surface area contributed by atoms with Gasteiger partial charge in [0.2, 0.25) is 0 Å². The molecule has 1 aromatic rings. The van der Waals surface area contributed by atoms with Crippen molar-refractivity contribution < 1.29 is 14.7 Å². The summed E-state index contributed by atoms with van der Waals surface area (Å²) in [4.78, 5) is 24.8. The molecule has 0 spiro atoms. The van der Waals surface area contributed by atoms with Crippen molar-refractivity contribution in [3.05, 3.63) is 35.4 Å². The molecule has 1 atom stereocenters. The van der Waals surface area contributed by atoms with Crippen molar-refractivity contribution in [3.8, 4) is 12.3 Å². The molecule has 0 saturated carbocycles. The number of benzene rings is 1. The molecule has 5 heteroatoms. The number of fused-ring (bicyclic) bond motifs is 1. The van der Waals surface area contributed by atoms with E-state index in [1.54, 1.807) is 4.90 Å². The van der Waals surface area contributed by atoms with Crippen LogP contribution in [0.2, 0.25) is 0 Å². The van der Waals surface area contributed by atoms with Gasteiger partial charge in [-0.3, -0.25) is 0 Å². The lowest BCUT2D eigenvalue weighted by atomic mass is 10.0. The predicted octanol–water partition coefficient (Wildman–Crippen LogP) is 1.27. The van der Waals surface area contributed by atoms with Crippen LogP contribution in [-0.4, -0.2) is 41.1 Å². The van der Waals surface area contributed by atoms with Gasteiger partial charge in [0.15, 0.2) is 0 Å². The fraction of sp³-hybridized carbons (Fsp3) is 0.375. The Hall–Kier alpha value is -2.48. The largest absolute Gasteiger partial charge is 0.480 e. The summed E-state index contributed by atoms with van der Waals surface area (Å²) in [7, 11) is 0. The Kier molecular flexibility index (Phi) is 4.83. The summed E-state index contributed by atoms with van der Waals surface area (Å²) in [6, 6.07) is 6.70. The first kappa shape index (κ1) is 14.9. The third kappa shape index (κ3) is 3.76. The number of terminal acetylenes is 1. The molecule has 21 heavy (non-hydrogen) atoms. The van der Waals surface area contributed by atoms with Crippen molar-refractivity contribution in [1.29, 1.82) is 0 Å². The van der Waals surface area contributed by atoms with Crippen LogP contribution in [0, 0.1) is 12.3 Å². The van der Waals surface area contributed by atoms with Crippen molar-refractivity contribution in [1.82, 2.24) is 10.2 Å². The maximum absolute atomic E-state index is 12.2. The first-order valence-corrected chi connectivity index (χ1v) is 6.90. The molecule has 1 aliphatic heterocycles. The van der Waals surface area contributed by atoms with Gasteiger partial charge in [-0.1, -0.05) is 24.3 Å². The van der Waals surface area contributed by atoms with E-state index in [1.165, 1.54) is 11.1 Å². The zero-order valence-corrected chi connectivity index (χ0v) is 11.7. The number of carboxylic acid groups (broad SMARTS) is 1. The number of carbonyl (C=O) groups is 2. The van der Waals surface area contributed by atoms with Crippen molar-refractivity contribution in [3.63, 3.8) is 0 Å². The SMILES string of the molecule is C#CCC(NC(=O)N1CCc2ccccc2CC1)C(=O)O. The highest BCUT2D eigenvalue weighted by molar-refractivity contribution is 5.82. The second kappa shape index (κ2) is 6.80. The van der Waals surface area contributed by atoms with Gasteiger partial charge >= 0.3 is 12.0 Å². The van der Waals surface area contributed by atoms with Crippen LogP contribution < -0.4 is 5.32 Å². The van der Waals surface area contributed by atoms with Crippen LogP contribution in [-0.2, 0) is 17.6 Å². The van der Waals surface area contributed by atoms with Crippen LogP contribution in [0.25, 0.3) is 0 Å². The zero-order valence-electron chi connectivity index (χ0n) is 11.7. The highest BCUT2D eigenvalue weighted by Gasteiger charge is 2.23.